The van der Waals surface area contributed by atoms with Crippen LogP contribution in [0.5, 0.6) is 11.5 Å². The van der Waals surface area contributed by atoms with Gasteiger partial charge in [-0.05, 0) is 49.4 Å². The maximum absolute atomic E-state index is 12.9. The second-order valence-electron chi connectivity index (χ2n) is 9.28. The van der Waals surface area contributed by atoms with Gasteiger partial charge in [0.25, 0.3) is 11.8 Å². The number of ether oxygens (including phenoxy) is 2. The first-order valence-corrected chi connectivity index (χ1v) is 13.3. The molecule has 0 spiro atoms. The zero-order chi connectivity index (χ0) is 27.1. The molecule has 9 nitrogen and oxygen atoms in total. The largest absolute Gasteiger partial charge is 0.507 e. The normalized spacial score (nSPS) is 17.0. The number of unbranched alkanes of at least 4 members (excludes halogenated alkanes) is 1. The van der Waals surface area contributed by atoms with Crippen molar-refractivity contribution in [3.05, 3.63) is 58.3 Å². The Morgan fingerprint density at radius 1 is 1.18 bits per heavy atom. The predicted molar refractivity (Wildman–Crippen MR) is 145 cm³/mol. The summed E-state index contributed by atoms with van der Waals surface area (Å²) in [7, 11) is 1.41. The Bertz CT molecular complexity index is 1240. The number of nitrogens with one attached hydrogen (secondary N) is 3. The van der Waals surface area contributed by atoms with Crippen LogP contribution < -0.4 is 20.7 Å². The number of carbonyl (C=O) groups excluding carboxylic acids is 2. The highest BCUT2D eigenvalue weighted by Crippen LogP contribution is 2.38. The maximum Gasteiger partial charge on any atom is 0.287 e. The first kappa shape index (κ1) is 27.8. The molecule has 0 unspecified atom stereocenters. The molecule has 2 heterocycles. The van der Waals surface area contributed by atoms with Crippen molar-refractivity contribution in [3.63, 3.8) is 0 Å². The molecule has 1 saturated heterocycles. The highest BCUT2D eigenvalue weighted by molar-refractivity contribution is 6.33. The number of phenolic OH excluding ortho intramolecular Hbond substituents is 1. The van der Waals surface area contributed by atoms with Crippen molar-refractivity contribution in [2.24, 2.45) is 0 Å². The Hall–Kier alpha value is -3.27. The summed E-state index contributed by atoms with van der Waals surface area (Å²) < 4.78 is 16.8. The second-order valence-corrected chi connectivity index (χ2v) is 9.69. The third-order valence-electron chi connectivity index (χ3n) is 6.65. The molecule has 0 radical (unpaired) electrons. The summed E-state index contributed by atoms with van der Waals surface area (Å²) in [6, 6.07) is 10.9. The number of rotatable bonds is 12. The summed E-state index contributed by atoms with van der Waals surface area (Å²) in [4.78, 5) is 25.1. The fourth-order valence-corrected chi connectivity index (χ4v) is 4.89. The fraction of sp³-hybridized carbons (Fsp3) is 0.429. The minimum Gasteiger partial charge on any atom is -0.507 e. The molecule has 0 saturated carbocycles. The summed E-state index contributed by atoms with van der Waals surface area (Å²) in [6.45, 7) is 4.06. The molecule has 204 valence electrons. The van der Waals surface area contributed by atoms with E-state index in [1.807, 2.05) is 31.2 Å². The average Bonchev–Trinajstić information content (AvgIpc) is 3.57. The lowest BCUT2D eigenvalue weighted by Gasteiger charge is -2.17. The van der Waals surface area contributed by atoms with Crippen molar-refractivity contribution >= 4 is 34.4 Å². The average molecular weight is 544 g/mol. The van der Waals surface area contributed by atoms with Gasteiger partial charge < -0.3 is 34.9 Å². The minimum atomic E-state index is -0.438. The highest BCUT2D eigenvalue weighted by Gasteiger charge is 2.27. The van der Waals surface area contributed by atoms with Crippen LogP contribution in [-0.4, -0.2) is 62.4 Å². The molecule has 1 aliphatic rings. The molecule has 2 atom stereocenters. The van der Waals surface area contributed by atoms with E-state index in [0.29, 0.717) is 49.6 Å². The zero-order valence-electron chi connectivity index (χ0n) is 21.6. The Kier molecular flexibility index (Phi) is 9.49. The van der Waals surface area contributed by atoms with Gasteiger partial charge >= 0.3 is 0 Å². The number of benzene rings is 2. The molecule has 3 aromatic rings. The second kappa shape index (κ2) is 13.0. The van der Waals surface area contributed by atoms with Gasteiger partial charge in [0, 0.05) is 37.7 Å². The number of carbonyl (C=O) groups is 2. The van der Waals surface area contributed by atoms with Gasteiger partial charge in [-0.2, -0.15) is 0 Å². The van der Waals surface area contributed by atoms with Gasteiger partial charge in [0.2, 0.25) is 0 Å². The number of phenols is 1. The highest BCUT2D eigenvalue weighted by atomic mass is 35.5. The molecule has 0 bridgehead atoms. The number of methoxy groups -OCH3 is 1. The monoisotopic (exact) mass is 543 g/mol. The minimum absolute atomic E-state index is 0.0443. The van der Waals surface area contributed by atoms with Crippen LogP contribution in [0.4, 0.5) is 0 Å². The van der Waals surface area contributed by atoms with Crippen molar-refractivity contribution in [2.75, 3.05) is 33.4 Å². The molecule has 2 amide bonds. The standard InChI is InChI=1S/C28H34ClN3O6/c1-3-17-12-21(29)26(36-2)24(25(17)33)28(35)32-15-19-14-20(16-31-19)37-11-7-6-10-30-27(34)23-13-18-8-4-5-9-22(18)38-23/h4-5,8-9,12-13,19-20,31,33H,3,6-7,10-11,14-16H2,1-2H3,(H,30,34)(H,32,35)/t19-,20+/m0/s1. The van der Waals surface area contributed by atoms with E-state index in [1.54, 1.807) is 12.1 Å². The van der Waals surface area contributed by atoms with Gasteiger partial charge in [-0.15, -0.1) is 0 Å². The van der Waals surface area contributed by atoms with E-state index < -0.39 is 5.91 Å². The van der Waals surface area contributed by atoms with Gasteiger partial charge in [-0.25, -0.2) is 0 Å². The maximum atomic E-state index is 12.9. The Labute approximate surface area is 226 Å². The summed E-state index contributed by atoms with van der Waals surface area (Å²) >= 11 is 6.24. The third-order valence-corrected chi connectivity index (χ3v) is 6.93. The van der Waals surface area contributed by atoms with Crippen molar-refractivity contribution in [2.45, 2.75) is 44.8 Å². The number of halogens is 1. The first-order valence-electron chi connectivity index (χ1n) is 12.9. The fourth-order valence-electron chi connectivity index (χ4n) is 4.58. The van der Waals surface area contributed by atoms with Crippen LogP contribution in [0, 0.1) is 0 Å². The smallest absolute Gasteiger partial charge is 0.287 e. The first-order chi connectivity index (χ1) is 18.4. The van der Waals surface area contributed by atoms with Gasteiger partial charge in [-0.1, -0.05) is 36.7 Å². The molecular formula is C28H34ClN3O6. The number of amides is 2. The Balaban J connectivity index is 1.14. The van der Waals surface area contributed by atoms with E-state index in [1.165, 1.54) is 7.11 Å². The molecule has 2 aromatic carbocycles. The number of aromatic hydroxyl groups is 1. The van der Waals surface area contributed by atoms with Crippen LogP contribution in [0.3, 0.4) is 0 Å². The summed E-state index contributed by atoms with van der Waals surface area (Å²) in [5.41, 5.74) is 1.33. The van der Waals surface area contributed by atoms with Gasteiger partial charge in [0.15, 0.2) is 11.5 Å². The van der Waals surface area contributed by atoms with Gasteiger partial charge in [0.1, 0.15) is 16.9 Å². The van der Waals surface area contributed by atoms with Crippen molar-refractivity contribution in [1.82, 2.24) is 16.0 Å². The number of fused-ring (bicyclic) bond motifs is 1. The molecule has 0 aliphatic carbocycles. The zero-order valence-corrected chi connectivity index (χ0v) is 22.4. The van der Waals surface area contributed by atoms with Crippen LogP contribution in [0.15, 0.2) is 40.8 Å². The third kappa shape index (κ3) is 6.59. The number of hydrogen-bond donors (Lipinski definition) is 4. The Morgan fingerprint density at radius 2 is 2.00 bits per heavy atom. The summed E-state index contributed by atoms with van der Waals surface area (Å²) in [5, 5.41) is 20.8. The lowest BCUT2D eigenvalue weighted by Crippen LogP contribution is -2.37. The lowest BCUT2D eigenvalue weighted by molar-refractivity contribution is 0.0623. The predicted octanol–water partition coefficient (Wildman–Crippen LogP) is 4.05. The molecular weight excluding hydrogens is 510 g/mol. The molecule has 38 heavy (non-hydrogen) atoms. The topological polar surface area (TPSA) is 122 Å². The van der Waals surface area contributed by atoms with Crippen molar-refractivity contribution < 1.29 is 28.6 Å². The molecule has 10 heteroatoms. The Morgan fingerprint density at radius 3 is 2.76 bits per heavy atom. The van der Waals surface area contributed by atoms with Crippen molar-refractivity contribution in [1.29, 1.82) is 0 Å². The van der Waals surface area contributed by atoms with E-state index in [9.17, 15) is 14.7 Å². The number of para-hydroxylation sites is 1. The van der Waals surface area contributed by atoms with Gasteiger partial charge in [-0.3, -0.25) is 9.59 Å². The van der Waals surface area contributed by atoms with Crippen LogP contribution in [0.1, 0.15) is 52.7 Å². The molecule has 1 aromatic heterocycles. The molecule has 1 aliphatic heterocycles. The van der Waals surface area contributed by atoms with Gasteiger partial charge in [0.05, 0.1) is 18.2 Å². The van der Waals surface area contributed by atoms with E-state index in [4.69, 9.17) is 25.5 Å². The quantitative estimate of drug-likeness (QED) is 0.254. The van der Waals surface area contributed by atoms with Crippen LogP contribution in [-0.2, 0) is 11.2 Å². The summed E-state index contributed by atoms with van der Waals surface area (Å²) in [6.07, 6.45) is 2.93. The molecule has 4 N–H and O–H groups in total. The summed E-state index contributed by atoms with van der Waals surface area (Å²) in [5.74, 6) is -0.296. The van der Waals surface area contributed by atoms with E-state index in [0.717, 1.165) is 24.6 Å². The van der Waals surface area contributed by atoms with Crippen LogP contribution in [0.25, 0.3) is 11.0 Å². The van der Waals surface area contributed by atoms with Crippen LogP contribution in [0.2, 0.25) is 5.02 Å². The van der Waals surface area contributed by atoms with E-state index in [2.05, 4.69) is 16.0 Å². The SMILES string of the molecule is CCc1cc(Cl)c(OC)c(C(=O)NC[C@@H]2C[C@@H](OCCCCNC(=O)c3cc4ccccc4o3)CN2)c1O. The molecule has 4 rings (SSSR count). The molecule has 1 fully saturated rings. The lowest BCUT2D eigenvalue weighted by atomic mass is 10.0. The number of furan rings is 1. The van der Waals surface area contributed by atoms with Crippen LogP contribution >= 0.6 is 11.6 Å². The van der Waals surface area contributed by atoms with E-state index >= 15 is 0 Å². The van der Waals surface area contributed by atoms with E-state index in [-0.39, 0.29) is 40.1 Å². The van der Waals surface area contributed by atoms with Crippen molar-refractivity contribution in [3.8, 4) is 11.5 Å². The number of aryl methyl sites for hydroxylation is 1. The number of hydrogen-bond acceptors (Lipinski definition) is 7.